The van der Waals surface area contributed by atoms with Gasteiger partial charge in [-0.05, 0) is 31.4 Å². The van der Waals surface area contributed by atoms with Crippen molar-refractivity contribution in [2.24, 2.45) is 5.41 Å². The van der Waals surface area contributed by atoms with Crippen molar-refractivity contribution < 1.29 is 19.5 Å². The smallest absolute Gasteiger partial charge is 0.319 e. The van der Waals surface area contributed by atoms with E-state index in [-0.39, 0.29) is 5.91 Å². The Hall–Kier alpha value is -2.37. The fourth-order valence-electron chi connectivity index (χ4n) is 2.64. The Morgan fingerprint density at radius 3 is 2.48 bits per heavy atom. The number of amides is 2. The Kier molecular flexibility index (Phi) is 3.16. The molecular formula is C15H16N2O4. The molecule has 110 valence electrons. The maximum absolute atomic E-state index is 12.3. The molecule has 21 heavy (non-hydrogen) atoms. The highest BCUT2D eigenvalue weighted by Crippen LogP contribution is 2.46. The number of carboxylic acids is 1. The lowest BCUT2D eigenvalue weighted by Gasteiger charge is -2.18. The van der Waals surface area contributed by atoms with Crippen molar-refractivity contribution in [2.75, 3.05) is 11.4 Å². The molecule has 2 fully saturated rings. The fourth-order valence-corrected chi connectivity index (χ4v) is 2.64. The molecule has 0 bridgehead atoms. The zero-order valence-corrected chi connectivity index (χ0v) is 11.4. The van der Waals surface area contributed by atoms with Crippen LogP contribution < -0.4 is 10.2 Å². The summed E-state index contributed by atoms with van der Waals surface area (Å²) >= 11 is 0. The predicted octanol–water partition coefficient (Wildman–Crippen LogP) is 0.773. The van der Waals surface area contributed by atoms with Crippen LogP contribution in [-0.4, -0.2) is 35.5 Å². The van der Waals surface area contributed by atoms with E-state index in [2.05, 4.69) is 5.32 Å². The Morgan fingerprint density at radius 1 is 1.24 bits per heavy atom. The number of nitrogens with one attached hydrogen (secondary N) is 1. The number of aliphatic carboxylic acids is 1. The first-order valence-corrected chi connectivity index (χ1v) is 6.95. The van der Waals surface area contributed by atoms with Crippen molar-refractivity contribution in [1.29, 1.82) is 0 Å². The van der Waals surface area contributed by atoms with Crippen LogP contribution in [-0.2, 0) is 14.4 Å². The predicted molar refractivity (Wildman–Crippen MR) is 74.6 cm³/mol. The van der Waals surface area contributed by atoms with Gasteiger partial charge in [-0.15, -0.1) is 0 Å². The van der Waals surface area contributed by atoms with Crippen LogP contribution in [0.3, 0.4) is 0 Å². The number of rotatable bonds is 4. The Labute approximate surface area is 121 Å². The number of carbonyl (C=O) groups excluding carboxylic acids is 2. The average molecular weight is 288 g/mol. The number of hydrogen-bond donors (Lipinski definition) is 2. The lowest BCUT2D eigenvalue weighted by molar-refractivity contribution is -0.149. The molecule has 0 aromatic heterocycles. The van der Waals surface area contributed by atoms with E-state index < -0.39 is 23.3 Å². The van der Waals surface area contributed by atoms with Gasteiger partial charge < -0.3 is 15.3 Å². The molecule has 2 amide bonds. The summed E-state index contributed by atoms with van der Waals surface area (Å²) in [5.41, 5.74) is -0.515. The number of anilines is 1. The summed E-state index contributed by atoms with van der Waals surface area (Å²) in [7, 11) is 0. The van der Waals surface area contributed by atoms with Gasteiger partial charge in [0.1, 0.15) is 11.5 Å². The van der Waals surface area contributed by atoms with E-state index in [1.807, 2.05) is 30.3 Å². The van der Waals surface area contributed by atoms with E-state index in [0.29, 0.717) is 25.8 Å². The van der Waals surface area contributed by atoms with Gasteiger partial charge in [-0.1, -0.05) is 18.2 Å². The fraction of sp³-hybridized carbons (Fsp3) is 0.400. The van der Waals surface area contributed by atoms with Crippen LogP contribution in [0.5, 0.6) is 0 Å². The molecule has 1 heterocycles. The van der Waals surface area contributed by atoms with Crippen LogP contribution >= 0.6 is 0 Å². The zero-order chi connectivity index (χ0) is 15.0. The zero-order valence-electron chi connectivity index (χ0n) is 11.4. The van der Waals surface area contributed by atoms with Crippen LogP contribution in [0, 0.1) is 5.41 Å². The molecule has 1 saturated carbocycles. The minimum Gasteiger partial charge on any atom is -0.480 e. The maximum atomic E-state index is 12.3. The minimum atomic E-state index is -1.31. The molecule has 0 spiro atoms. The van der Waals surface area contributed by atoms with Gasteiger partial charge in [-0.25, -0.2) is 0 Å². The summed E-state index contributed by atoms with van der Waals surface area (Å²) < 4.78 is 0. The summed E-state index contributed by atoms with van der Waals surface area (Å²) in [5.74, 6) is -1.83. The molecule has 1 aromatic carbocycles. The summed E-state index contributed by atoms with van der Waals surface area (Å²) in [4.78, 5) is 37.1. The molecule has 6 heteroatoms. The van der Waals surface area contributed by atoms with Crippen molar-refractivity contribution in [3.63, 3.8) is 0 Å². The van der Waals surface area contributed by atoms with E-state index in [1.54, 1.807) is 4.90 Å². The highest BCUT2D eigenvalue weighted by atomic mass is 16.4. The monoisotopic (exact) mass is 288 g/mol. The number of hydrogen-bond acceptors (Lipinski definition) is 3. The number of benzene rings is 1. The van der Waals surface area contributed by atoms with Gasteiger partial charge in [0.15, 0.2) is 0 Å². The molecule has 2 N–H and O–H groups in total. The maximum Gasteiger partial charge on any atom is 0.319 e. The lowest BCUT2D eigenvalue weighted by Crippen LogP contribution is -2.46. The normalized spacial score (nSPS) is 23.0. The number of para-hydroxylation sites is 1. The molecular weight excluding hydrogens is 272 g/mol. The van der Waals surface area contributed by atoms with Crippen LogP contribution in [0.4, 0.5) is 5.69 Å². The van der Waals surface area contributed by atoms with Gasteiger partial charge in [-0.3, -0.25) is 14.4 Å². The standard InChI is InChI=1S/C15H16N2O4/c18-12-11(16-13(19)15(7-8-15)14(20)21)6-9-17(12)10-4-2-1-3-5-10/h1-5,11H,6-9H2,(H,16,19)(H,20,21)/t11-/m1/s1. The Balaban J connectivity index is 1.68. The molecule has 0 unspecified atom stereocenters. The molecule has 1 saturated heterocycles. The quantitative estimate of drug-likeness (QED) is 0.801. The van der Waals surface area contributed by atoms with E-state index in [9.17, 15) is 14.4 Å². The van der Waals surface area contributed by atoms with Crippen molar-refractivity contribution in [3.05, 3.63) is 30.3 Å². The van der Waals surface area contributed by atoms with Crippen LogP contribution in [0.2, 0.25) is 0 Å². The van der Waals surface area contributed by atoms with Crippen LogP contribution in [0.15, 0.2) is 30.3 Å². The largest absolute Gasteiger partial charge is 0.480 e. The third kappa shape index (κ3) is 2.26. The highest BCUT2D eigenvalue weighted by Gasteiger charge is 2.57. The average Bonchev–Trinajstić information content (AvgIpc) is 3.22. The first-order valence-electron chi connectivity index (χ1n) is 6.95. The molecule has 0 radical (unpaired) electrons. The van der Waals surface area contributed by atoms with Crippen molar-refractivity contribution >= 4 is 23.5 Å². The van der Waals surface area contributed by atoms with E-state index in [4.69, 9.17) is 5.11 Å². The molecule has 1 aromatic rings. The van der Waals surface area contributed by atoms with Crippen LogP contribution in [0.1, 0.15) is 19.3 Å². The second kappa shape index (κ2) is 4.87. The van der Waals surface area contributed by atoms with Gasteiger partial charge in [0.05, 0.1) is 0 Å². The molecule has 1 aliphatic carbocycles. The van der Waals surface area contributed by atoms with Gasteiger partial charge in [-0.2, -0.15) is 0 Å². The van der Waals surface area contributed by atoms with E-state index >= 15 is 0 Å². The topological polar surface area (TPSA) is 86.7 Å². The van der Waals surface area contributed by atoms with Gasteiger partial charge in [0.25, 0.3) is 0 Å². The third-order valence-electron chi connectivity index (χ3n) is 4.17. The van der Waals surface area contributed by atoms with Gasteiger partial charge in [0.2, 0.25) is 11.8 Å². The third-order valence-corrected chi connectivity index (χ3v) is 4.17. The molecule has 1 aliphatic heterocycles. The first-order chi connectivity index (χ1) is 10.0. The molecule has 3 rings (SSSR count). The van der Waals surface area contributed by atoms with Crippen molar-refractivity contribution in [2.45, 2.75) is 25.3 Å². The summed E-state index contributed by atoms with van der Waals surface area (Å²) in [6, 6.07) is 8.60. The second-order valence-corrected chi connectivity index (χ2v) is 5.53. The van der Waals surface area contributed by atoms with E-state index in [1.165, 1.54) is 0 Å². The van der Waals surface area contributed by atoms with Crippen molar-refractivity contribution in [3.8, 4) is 0 Å². The summed E-state index contributed by atoms with van der Waals surface area (Å²) in [5, 5.41) is 11.7. The van der Waals surface area contributed by atoms with E-state index in [0.717, 1.165) is 5.69 Å². The highest BCUT2D eigenvalue weighted by molar-refractivity contribution is 6.08. The van der Waals surface area contributed by atoms with Crippen LogP contribution in [0.25, 0.3) is 0 Å². The first kappa shape index (κ1) is 13.6. The number of nitrogens with zero attached hydrogens (tertiary/aromatic N) is 1. The van der Waals surface area contributed by atoms with Gasteiger partial charge >= 0.3 is 5.97 Å². The van der Waals surface area contributed by atoms with Gasteiger partial charge in [0, 0.05) is 12.2 Å². The number of carboxylic acid groups (broad SMARTS) is 1. The second-order valence-electron chi connectivity index (χ2n) is 5.53. The van der Waals surface area contributed by atoms with Crippen molar-refractivity contribution in [1.82, 2.24) is 5.32 Å². The Bertz CT molecular complexity index is 595. The molecule has 6 nitrogen and oxygen atoms in total. The lowest BCUT2D eigenvalue weighted by atomic mass is 10.1. The summed E-state index contributed by atoms with van der Waals surface area (Å²) in [6.45, 7) is 0.522. The molecule has 2 aliphatic rings. The number of carbonyl (C=O) groups is 3. The molecule has 1 atom stereocenters. The minimum absolute atomic E-state index is 0.185. The SMILES string of the molecule is O=C1[C@H](NC(=O)C2(C(=O)O)CC2)CCN1c1ccccc1. The Morgan fingerprint density at radius 2 is 1.90 bits per heavy atom. The summed E-state index contributed by atoms with van der Waals surface area (Å²) in [6.07, 6.45) is 1.18.